The van der Waals surface area contributed by atoms with E-state index < -0.39 is 10.8 Å². The van der Waals surface area contributed by atoms with Crippen LogP contribution in [0.4, 0.5) is 11.4 Å². The quantitative estimate of drug-likeness (QED) is 0.660. The van der Waals surface area contributed by atoms with E-state index in [1.807, 2.05) is 0 Å². The van der Waals surface area contributed by atoms with Crippen molar-refractivity contribution in [3.05, 3.63) is 68.7 Å². The third-order valence-corrected chi connectivity index (χ3v) is 4.24. The molecule has 1 N–H and O–H groups in total. The van der Waals surface area contributed by atoms with Crippen molar-refractivity contribution >= 4 is 40.6 Å². The van der Waals surface area contributed by atoms with E-state index in [2.05, 4.69) is 10.4 Å². The molecule has 0 unspecified atom stereocenters. The largest absolute Gasteiger partial charge is 0.308 e. The third-order valence-electron chi connectivity index (χ3n) is 3.75. The zero-order chi connectivity index (χ0) is 18.8. The van der Waals surface area contributed by atoms with Crippen LogP contribution in [0.5, 0.6) is 0 Å². The van der Waals surface area contributed by atoms with Crippen LogP contribution in [0.1, 0.15) is 22.3 Å². The van der Waals surface area contributed by atoms with Crippen molar-refractivity contribution in [2.24, 2.45) is 5.10 Å². The van der Waals surface area contributed by atoms with Gasteiger partial charge >= 0.3 is 0 Å². The van der Waals surface area contributed by atoms with Gasteiger partial charge < -0.3 is 5.32 Å². The molecule has 0 aromatic heterocycles. The van der Waals surface area contributed by atoms with Gasteiger partial charge in [-0.1, -0.05) is 29.8 Å². The number of anilines is 1. The first-order valence-corrected chi connectivity index (χ1v) is 7.96. The van der Waals surface area contributed by atoms with Crippen LogP contribution >= 0.6 is 11.6 Å². The Bertz CT molecular complexity index is 958. The number of hydrazone groups is 1. The summed E-state index contributed by atoms with van der Waals surface area (Å²) in [7, 11) is 0. The molecule has 2 aromatic rings. The molecule has 0 saturated carbocycles. The van der Waals surface area contributed by atoms with Crippen molar-refractivity contribution in [3.63, 3.8) is 0 Å². The van der Waals surface area contributed by atoms with Gasteiger partial charge in [0.25, 0.3) is 17.5 Å². The number of amides is 2. The van der Waals surface area contributed by atoms with Gasteiger partial charge in [0.2, 0.25) is 0 Å². The first-order chi connectivity index (χ1) is 12.4. The maximum Gasteiger partial charge on any atom is 0.270 e. The van der Waals surface area contributed by atoms with Crippen molar-refractivity contribution in [1.82, 2.24) is 5.32 Å². The Morgan fingerprint density at radius 1 is 1.31 bits per heavy atom. The number of rotatable bonds is 3. The van der Waals surface area contributed by atoms with Gasteiger partial charge in [-0.2, -0.15) is 10.1 Å². The number of hydrogen-bond acceptors (Lipinski definition) is 5. The lowest BCUT2D eigenvalue weighted by atomic mass is 10.2. The van der Waals surface area contributed by atoms with Crippen molar-refractivity contribution in [3.8, 4) is 0 Å². The Hall–Kier alpha value is -3.26. The third kappa shape index (κ3) is 3.40. The summed E-state index contributed by atoms with van der Waals surface area (Å²) < 4.78 is 0. The minimum absolute atomic E-state index is 0.0985. The Morgan fingerprint density at radius 2 is 2.04 bits per heavy atom. The second kappa shape index (κ2) is 6.93. The van der Waals surface area contributed by atoms with E-state index in [9.17, 15) is 19.7 Å². The zero-order valence-electron chi connectivity index (χ0n) is 13.6. The van der Waals surface area contributed by atoms with E-state index in [1.165, 1.54) is 18.2 Å². The molecule has 0 fully saturated rings. The van der Waals surface area contributed by atoms with Gasteiger partial charge in [0, 0.05) is 17.7 Å². The molecule has 0 aliphatic carbocycles. The van der Waals surface area contributed by atoms with Gasteiger partial charge in [-0.25, -0.2) is 0 Å². The Morgan fingerprint density at radius 3 is 2.77 bits per heavy atom. The van der Waals surface area contributed by atoms with E-state index in [1.54, 1.807) is 25.1 Å². The van der Waals surface area contributed by atoms with Crippen LogP contribution in [-0.4, -0.2) is 22.6 Å². The van der Waals surface area contributed by atoms with E-state index >= 15 is 0 Å². The molecule has 0 spiro atoms. The molecule has 8 nitrogen and oxygen atoms in total. The summed E-state index contributed by atoms with van der Waals surface area (Å²) in [5.74, 6) is -0.784. The second-order valence-corrected chi connectivity index (χ2v) is 5.98. The van der Waals surface area contributed by atoms with Crippen molar-refractivity contribution in [2.75, 3.05) is 5.01 Å². The van der Waals surface area contributed by atoms with Crippen LogP contribution in [0.3, 0.4) is 0 Å². The molecular formula is C17H13ClN4O4. The molecule has 9 heteroatoms. The van der Waals surface area contributed by atoms with Gasteiger partial charge in [-0.15, -0.1) is 0 Å². The first kappa shape index (κ1) is 17.6. The van der Waals surface area contributed by atoms with Crippen LogP contribution in [0.2, 0.25) is 5.02 Å². The monoisotopic (exact) mass is 372 g/mol. The smallest absolute Gasteiger partial charge is 0.270 e. The van der Waals surface area contributed by atoms with Crippen LogP contribution in [0.25, 0.3) is 0 Å². The van der Waals surface area contributed by atoms with Crippen molar-refractivity contribution < 1.29 is 14.5 Å². The average Bonchev–Trinajstić information content (AvgIpc) is 2.97. The molecule has 2 amide bonds. The van der Waals surface area contributed by atoms with Crippen LogP contribution in [0.15, 0.2) is 47.6 Å². The predicted octanol–water partition coefficient (Wildman–Crippen LogP) is 3.04. The maximum absolute atomic E-state index is 12.3. The van der Waals surface area contributed by atoms with E-state index in [0.29, 0.717) is 10.7 Å². The molecule has 0 atom stereocenters. The molecule has 0 saturated heterocycles. The topological polar surface area (TPSA) is 105 Å². The first-order valence-electron chi connectivity index (χ1n) is 7.58. The molecule has 1 aliphatic heterocycles. The summed E-state index contributed by atoms with van der Waals surface area (Å²) in [4.78, 5) is 34.7. The Labute approximate surface area is 153 Å². The molecular weight excluding hydrogens is 360 g/mol. The van der Waals surface area contributed by atoms with Crippen LogP contribution in [-0.2, 0) is 4.79 Å². The number of nitro groups is 1. The van der Waals surface area contributed by atoms with Gasteiger partial charge in [0.1, 0.15) is 5.84 Å². The molecule has 1 aliphatic rings. The van der Waals surface area contributed by atoms with Gasteiger partial charge in [0.15, 0.2) is 0 Å². The Kier molecular flexibility index (Phi) is 4.68. The summed E-state index contributed by atoms with van der Waals surface area (Å²) in [6, 6.07) is 10.5. The summed E-state index contributed by atoms with van der Waals surface area (Å²) >= 11 is 6.22. The lowest BCUT2D eigenvalue weighted by Gasteiger charge is -2.14. The molecule has 132 valence electrons. The molecule has 1 heterocycles. The summed E-state index contributed by atoms with van der Waals surface area (Å²) in [5, 5.41) is 19.0. The van der Waals surface area contributed by atoms with Crippen LogP contribution < -0.4 is 10.3 Å². The number of non-ortho nitro benzene ring substituents is 1. The van der Waals surface area contributed by atoms with Crippen molar-refractivity contribution in [1.29, 1.82) is 0 Å². The number of carbonyl (C=O) groups is 2. The van der Waals surface area contributed by atoms with Gasteiger partial charge in [-0.3, -0.25) is 19.7 Å². The van der Waals surface area contributed by atoms with Crippen molar-refractivity contribution in [2.45, 2.75) is 13.3 Å². The van der Waals surface area contributed by atoms with E-state index in [-0.39, 0.29) is 29.4 Å². The number of aryl methyl sites for hydroxylation is 1. The lowest BCUT2D eigenvalue weighted by Crippen LogP contribution is -2.29. The molecule has 3 rings (SSSR count). The number of nitrogens with one attached hydrogen (secondary N) is 1. The fraction of sp³-hybridized carbons (Fsp3) is 0.118. The normalized spacial score (nSPS) is 13.5. The minimum Gasteiger partial charge on any atom is -0.308 e. The fourth-order valence-corrected chi connectivity index (χ4v) is 2.65. The van der Waals surface area contributed by atoms with Gasteiger partial charge in [-0.05, 0) is 24.6 Å². The summed E-state index contributed by atoms with van der Waals surface area (Å²) in [6.07, 6.45) is -0.106. The number of benzene rings is 2. The maximum atomic E-state index is 12.3. The summed E-state index contributed by atoms with van der Waals surface area (Å²) in [6.45, 7) is 1.81. The number of nitro benzene ring substituents is 1. The average molecular weight is 373 g/mol. The SMILES string of the molecule is Cc1cccc(N2N=C(NC(=O)c3cccc([N+](=O)[O-])c3)CC2=O)c1Cl. The fourth-order valence-electron chi connectivity index (χ4n) is 2.45. The molecule has 2 aromatic carbocycles. The predicted molar refractivity (Wildman–Crippen MR) is 96.3 cm³/mol. The number of amidine groups is 1. The molecule has 0 bridgehead atoms. The second-order valence-electron chi connectivity index (χ2n) is 5.60. The van der Waals surface area contributed by atoms with E-state index in [0.717, 1.165) is 16.6 Å². The number of carbonyl (C=O) groups excluding carboxylic acids is 2. The molecule has 26 heavy (non-hydrogen) atoms. The minimum atomic E-state index is -0.588. The summed E-state index contributed by atoms with van der Waals surface area (Å²) in [5.41, 5.74) is 1.12. The highest BCUT2D eigenvalue weighted by molar-refractivity contribution is 6.35. The number of halogens is 1. The van der Waals surface area contributed by atoms with Crippen LogP contribution in [0, 0.1) is 17.0 Å². The number of hydrogen-bond donors (Lipinski definition) is 1. The Balaban J connectivity index is 1.81. The molecule has 0 radical (unpaired) electrons. The standard InChI is InChI=1S/C17H13ClN4O4/c1-10-4-2-7-13(16(10)18)21-15(23)9-14(20-21)19-17(24)11-5-3-6-12(8-11)22(25)26/h2-8H,9H2,1H3,(H,19,20,24). The highest BCUT2D eigenvalue weighted by Crippen LogP contribution is 2.31. The lowest BCUT2D eigenvalue weighted by molar-refractivity contribution is -0.384. The zero-order valence-corrected chi connectivity index (χ0v) is 14.4. The number of nitrogens with zero attached hydrogens (tertiary/aromatic N) is 3. The highest BCUT2D eigenvalue weighted by atomic mass is 35.5. The highest BCUT2D eigenvalue weighted by Gasteiger charge is 2.28. The van der Waals surface area contributed by atoms with Gasteiger partial charge in [0.05, 0.1) is 22.1 Å². The van der Waals surface area contributed by atoms with E-state index in [4.69, 9.17) is 11.6 Å².